The van der Waals surface area contributed by atoms with Gasteiger partial charge in [0.15, 0.2) is 5.96 Å². The highest BCUT2D eigenvalue weighted by molar-refractivity contribution is 14.0. The summed E-state index contributed by atoms with van der Waals surface area (Å²) >= 11 is 1.71. The number of hydrogen-bond donors (Lipinski definition) is 3. The highest BCUT2D eigenvalue weighted by atomic mass is 127. The van der Waals surface area contributed by atoms with Crippen LogP contribution < -0.4 is 16.0 Å². The molecule has 0 aliphatic rings. The van der Waals surface area contributed by atoms with Crippen molar-refractivity contribution in [2.75, 3.05) is 12.4 Å². The van der Waals surface area contributed by atoms with Gasteiger partial charge in [-0.25, -0.2) is 4.98 Å². The molecule has 154 valence electrons. The molecule has 0 fully saturated rings. The second-order valence-corrected chi connectivity index (χ2v) is 7.90. The molecule has 0 aliphatic carbocycles. The van der Waals surface area contributed by atoms with E-state index in [9.17, 15) is 4.79 Å². The molecule has 28 heavy (non-hydrogen) atoms. The SMILES string of the molecule is CCc1cnc(CNC(=NC)NCc2cccc(NC(=O)CC(C)C)c2)s1.I. The minimum absolute atomic E-state index is 0. The van der Waals surface area contributed by atoms with E-state index in [0.717, 1.165) is 28.6 Å². The number of amides is 1. The zero-order chi connectivity index (χ0) is 19.6. The highest BCUT2D eigenvalue weighted by Gasteiger charge is 2.06. The van der Waals surface area contributed by atoms with Crippen LogP contribution >= 0.6 is 35.3 Å². The normalized spacial score (nSPS) is 11.1. The van der Waals surface area contributed by atoms with Gasteiger partial charge in [0.1, 0.15) is 5.01 Å². The predicted molar refractivity (Wildman–Crippen MR) is 128 cm³/mol. The van der Waals surface area contributed by atoms with Crippen LogP contribution in [-0.2, 0) is 24.3 Å². The molecule has 0 saturated carbocycles. The molecule has 0 aliphatic heterocycles. The number of benzene rings is 1. The number of nitrogens with one attached hydrogen (secondary N) is 3. The lowest BCUT2D eigenvalue weighted by Crippen LogP contribution is -2.36. The van der Waals surface area contributed by atoms with Crippen molar-refractivity contribution in [2.24, 2.45) is 10.9 Å². The van der Waals surface area contributed by atoms with Gasteiger partial charge in [-0.15, -0.1) is 35.3 Å². The van der Waals surface area contributed by atoms with Crippen molar-refractivity contribution >= 4 is 52.9 Å². The standard InChI is InChI=1S/C20H29N5OS.HI/c1-5-17-12-22-19(27-17)13-24-20(21-4)23-11-15-7-6-8-16(10-15)25-18(26)9-14(2)3;/h6-8,10,12,14H,5,9,11,13H2,1-4H3,(H,25,26)(H2,21,23,24);1H. The van der Waals surface area contributed by atoms with E-state index >= 15 is 0 Å². The van der Waals surface area contributed by atoms with Crippen molar-refractivity contribution in [1.82, 2.24) is 15.6 Å². The molecule has 0 radical (unpaired) electrons. The van der Waals surface area contributed by atoms with Crippen LogP contribution in [0.25, 0.3) is 0 Å². The zero-order valence-corrected chi connectivity index (χ0v) is 20.1. The third-order valence-electron chi connectivity index (χ3n) is 3.84. The molecule has 1 aromatic heterocycles. The van der Waals surface area contributed by atoms with Gasteiger partial charge in [-0.05, 0) is 30.0 Å². The van der Waals surface area contributed by atoms with E-state index in [0.29, 0.717) is 25.4 Å². The maximum absolute atomic E-state index is 11.9. The van der Waals surface area contributed by atoms with Crippen LogP contribution in [0.3, 0.4) is 0 Å². The van der Waals surface area contributed by atoms with Gasteiger partial charge in [-0.1, -0.05) is 32.9 Å². The van der Waals surface area contributed by atoms with Crippen LogP contribution in [0.2, 0.25) is 0 Å². The second kappa shape index (κ2) is 12.7. The van der Waals surface area contributed by atoms with E-state index in [2.05, 4.69) is 32.9 Å². The summed E-state index contributed by atoms with van der Waals surface area (Å²) in [5, 5.41) is 10.6. The molecular formula is C20H30IN5OS. The molecule has 0 atom stereocenters. The number of hydrogen-bond acceptors (Lipinski definition) is 4. The van der Waals surface area contributed by atoms with E-state index < -0.39 is 0 Å². The summed E-state index contributed by atoms with van der Waals surface area (Å²) in [4.78, 5) is 21.9. The molecule has 2 aromatic rings. The fraction of sp³-hybridized carbons (Fsp3) is 0.450. The third kappa shape index (κ3) is 8.55. The number of thiazole rings is 1. The quantitative estimate of drug-likeness (QED) is 0.280. The Morgan fingerprint density at radius 2 is 2.00 bits per heavy atom. The van der Waals surface area contributed by atoms with E-state index in [-0.39, 0.29) is 29.9 Å². The first-order valence-electron chi connectivity index (χ1n) is 9.27. The number of rotatable bonds is 8. The number of guanidine groups is 1. The van der Waals surface area contributed by atoms with Gasteiger partial charge in [0.05, 0.1) is 6.54 Å². The number of anilines is 1. The van der Waals surface area contributed by atoms with Gasteiger partial charge in [-0.2, -0.15) is 0 Å². The number of carbonyl (C=O) groups excluding carboxylic acids is 1. The van der Waals surface area contributed by atoms with Crippen molar-refractivity contribution in [1.29, 1.82) is 0 Å². The maximum atomic E-state index is 11.9. The minimum atomic E-state index is 0. The summed E-state index contributed by atoms with van der Waals surface area (Å²) in [6.45, 7) is 7.46. The average Bonchev–Trinajstić information content (AvgIpc) is 3.09. The molecule has 0 spiro atoms. The third-order valence-corrected chi connectivity index (χ3v) is 4.99. The molecule has 3 N–H and O–H groups in total. The van der Waals surface area contributed by atoms with Gasteiger partial charge in [0, 0.05) is 36.8 Å². The first-order chi connectivity index (χ1) is 13.0. The molecule has 8 heteroatoms. The molecule has 0 unspecified atom stereocenters. The average molecular weight is 515 g/mol. The smallest absolute Gasteiger partial charge is 0.224 e. The summed E-state index contributed by atoms with van der Waals surface area (Å²) in [6, 6.07) is 7.85. The summed E-state index contributed by atoms with van der Waals surface area (Å²) in [7, 11) is 1.75. The van der Waals surface area contributed by atoms with E-state index in [4.69, 9.17) is 0 Å². The lowest BCUT2D eigenvalue weighted by Gasteiger charge is -2.12. The van der Waals surface area contributed by atoms with Crippen molar-refractivity contribution in [3.05, 3.63) is 45.9 Å². The van der Waals surface area contributed by atoms with Gasteiger partial charge in [-0.3, -0.25) is 9.79 Å². The Balaban J connectivity index is 0.00000392. The molecule has 0 bridgehead atoms. The number of aryl methyl sites for hydroxylation is 1. The number of halogens is 1. The van der Waals surface area contributed by atoms with Crippen LogP contribution in [0, 0.1) is 5.92 Å². The fourth-order valence-corrected chi connectivity index (χ4v) is 3.30. The molecule has 0 saturated heterocycles. The lowest BCUT2D eigenvalue weighted by molar-refractivity contribution is -0.116. The number of nitrogens with zero attached hydrogens (tertiary/aromatic N) is 2. The Morgan fingerprint density at radius 1 is 1.25 bits per heavy atom. The number of aromatic nitrogens is 1. The Bertz CT molecular complexity index is 775. The molecule has 1 heterocycles. The van der Waals surface area contributed by atoms with Crippen molar-refractivity contribution in [2.45, 2.75) is 46.7 Å². The Hall–Kier alpha value is -1.68. The zero-order valence-electron chi connectivity index (χ0n) is 16.9. The second-order valence-electron chi connectivity index (χ2n) is 6.70. The minimum Gasteiger partial charge on any atom is -0.352 e. The van der Waals surface area contributed by atoms with Crippen LogP contribution in [0.1, 0.15) is 42.6 Å². The van der Waals surface area contributed by atoms with Crippen molar-refractivity contribution < 1.29 is 4.79 Å². The first kappa shape index (κ1) is 24.4. The molecular weight excluding hydrogens is 485 g/mol. The van der Waals surface area contributed by atoms with Crippen molar-refractivity contribution in [3.8, 4) is 0 Å². The Morgan fingerprint density at radius 3 is 2.64 bits per heavy atom. The highest BCUT2D eigenvalue weighted by Crippen LogP contribution is 2.13. The van der Waals surface area contributed by atoms with Gasteiger partial charge >= 0.3 is 0 Å². The molecule has 6 nitrogen and oxygen atoms in total. The fourth-order valence-electron chi connectivity index (χ4n) is 2.50. The molecule has 2 rings (SSSR count). The molecule has 1 amide bonds. The lowest BCUT2D eigenvalue weighted by atomic mass is 10.1. The first-order valence-corrected chi connectivity index (χ1v) is 10.1. The monoisotopic (exact) mass is 515 g/mol. The van der Waals surface area contributed by atoms with Crippen LogP contribution in [-0.4, -0.2) is 23.9 Å². The number of aliphatic imine (C=N–C) groups is 1. The maximum Gasteiger partial charge on any atom is 0.224 e. The van der Waals surface area contributed by atoms with E-state index in [1.54, 1.807) is 18.4 Å². The largest absolute Gasteiger partial charge is 0.352 e. The predicted octanol–water partition coefficient (Wildman–Crippen LogP) is 4.17. The Labute approximate surface area is 188 Å². The van der Waals surface area contributed by atoms with Crippen LogP contribution in [0.15, 0.2) is 35.5 Å². The Kier molecular flexibility index (Phi) is 11.1. The summed E-state index contributed by atoms with van der Waals surface area (Å²) < 4.78 is 0. The van der Waals surface area contributed by atoms with Gasteiger partial charge in [0.25, 0.3) is 0 Å². The summed E-state index contributed by atoms with van der Waals surface area (Å²) in [5.74, 6) is 1.11. The topological polar surface area (TPSA) is 78.4 Å². The van der Waals surface area contributed by atoms with Gasteiger partial charge in [0.2, 0.25) is 5.91 Å². The van der Waals surface area contributed by atoms with Crippen LogP contribution in [0.5, 0.6) is 0 Å². The summed E-state index contributed by atoms with van der Waals surface area (Å²) in [5.41, 5.74) is 1.89. The van der Waals surface area contributed by atoms with Gasteiger partial charge < -0.3 is 16.0 Å². The number of carbonyl (C=O) groups is 1. The summed E-state index contributed by atoms with van der Waals surface area (Å²) in [6.07, 6.45) is 3.46. The van der Waals surface area contributed by atoms with Crippen LogP contribution in [0.4, 0.5) is 5.69 Å². The van der Waals surface area contributed by atoms with E-state index in [1.165, 1.54) is 4.88 Å². The van der Waals surface area contributed by atoms with Crippen molar-refractivity contribution in [3.63, 3.8) is 0 Å². The molecule has 1 aromatic carbocycles. The van der Waals surface area contributed by atoms with E-state index in [1.807, 2.05) is 44.3 Å².